The number of rotatable bonds is 10. The maximum Gasteiger partial charge on any atom is 0.387 e. The summed E-state index contributed by atoms with van der Waals surface area (Å²) in [7, 11) is -0.628. The zero-order valence-corrected chi connectivity index (χ0v) is 19.4. The minimum Gasteiger partial charge on any atom is -0.435 e. The number of benzene rings is 2. The predicted molar refractivity (Wildman–Crippen MR) is 120 cm³/mol. The number of alkyl halides is 2. The van der Waals surface area contributed by atoms with Crippen LogP contribution in [0, 0.1) is 0 Å². The summed E-state index contributed by atoms with van der Waals surface area (Å²) in [5.41, 5.74) is 2.11. The quantitative estimate of drug-likeness (QED) is 0.481. The zero-order chi connectivity index (χ0) is 24.2. The fraction of sp³-hybridized carbons (Fsp3) is 0.364. The van der Waals surface area contributed by atoms with Crippen LogP contribution in [0.5, 0.6) is 5.75 Å². The van der Waals surface area contributed by atoms with Crippen LogP contribution in [0.25, 0.3) is 11.0 Å². The molecule has 8 nitrogen and oxygen atoms in total. The van der Waals surface area contributed by atoms with E-state index in [9.17, 15) is 22.0 Å². The molecule has 1 N–H and O–H groups in total. The number of amides is 1. The Morgan fingerprint density at radius 3 is 2.48 bits per heavy atom. The van der Waals surface area contributed by atoms with Crippen LogP contribution >= 0.6 is 0 Å². The van der Waals surface area contributed by atoms with E-state index >= 15 is 0 Å². The fourth-order valence-electron chi connectivity index (χ4n) is 3.38. The Labute approximate surface area is 191 Å². The number of imidazole rings is 1. The molecule has 1 aromatic heterocycles. The Balaban J connectivity index is 1.64. The highest BCUT2D eigenvalue weighted by Crippen LogP contribution is 2.23. The summed E-state index contributed by atoms with van der Waals surface area (Å²) < 4.78 is 56.6. The Bertz CT molecular complexity index is 1230. The van der Waals surface area contributed by atoms with E-state index < -0.39 is 16.6 Å². The lowest BCUT2D eigenvalue weighted by atomic mass is 10.2. The van der Waals surface area contributed by atoms with Crippen molar-refractivity contribution in [1.29, 1.82) is 0 Å². The third kappa shape index (κ3) is 5.85. The van der Waals surface area contributed by atoms with Gasteiger partial charge in [0.25, 0.3) is 0 Å². The SMILES string of the molecule is CCn1c(CCC(=O)NCc2ccc(OC(F)F)cc2)nc2cc(S(=O)(=O)N(C)C)ccc21. The Morgan fingerprint density at radius 1 is 1.18 bits per heavy atom. The number of carbonyl (C=O) groups is 1. The van der Waals surface area contributed by atoms with Crippen molar-refractivity contribution in [2.24, 2.45) is 0 Å². The van der Waals surface area contributed by atoms with E-state index in [-0.39, 0.29) is 29.5 Å². The number of sulfonamides is 1. The molecule has 0 radical (unpaired) electrons. The van der Waals surface area contributed by atoms with Gasteiger partial charge >= 0.3 is 6.61 Å². The second-order valence-corrected chi connectivity index (χ2v) is 9.66. The Morgan fingerprint density at radius 2 is 1.88 bits per heavy atom. The van der Waals surface area contributed by atoms with Gasteiger partial charge in [0.1, 0.15) is 11.6 Å². The number of ether oxygens (including phenoxy) is 1. The number of aryl methyl sites for hydroxylation is 2. The van der Waals surface area contributed by atoms with Crippen molar-refractivity contribution in [3.05, 3.63) is 53.9 Å². The van der Waals surface area contributed by atoms with Crippen molar-refractivity contribution in [2.45, 2.75) is 44.4 Å². The van der Waals surface area contributed by atoms with Crippen LogP contribution in [0.2, 0.25) is 0 Å². The normalized spacial score (nSPS) is 12.0. The average molecular weight is 481 g/mol. The van der Waals surface area contributed by atoms with Crippen molar-refractivity contribution >= 4 is 27.0 Å². The molecule has 33 heavy (non-hydrogen) atoms. The number of carbonyl (C=O) groups excluding carboxylic acids is 1. The number of nitrogens with one attached hydrogen (secondary N) is 1. The molecule has 0 aliphatic heterocycles. The minimum absolute atomic E-state index is 0.0556. The summed E-state index contributed by atoms with van der Waals surface area (Å²) in [6.07, 6.45) is 0.573. The van der Waals surface area contributed by atoms with E-state index in [1.807, 2.05) is 11.5 Å². The molecule has 0 saturated heterocycles. The standard InChI is InChI=1S/C22H26F2N4O4S/c1-4-28-19-10-9-17(33(30,31)27(2)3)13-18(19)26-20(28)11-12-21(29)25-14-15-5-7-16(8-6-15)32-22(23)24/h5-10,13,22H,4,11-12,14H2,1-3H3,(H,25,29). The van der Waals surface area contributed by atoms with E-state index in [2.05, 4.69) is 15.0 Å². The highest BCUT2D eigenvalue weighted by atomic mass is 32.2. The second-order valence-electron chi connectivity index (χ2n) is 7.51. The van der Waals surface area contributed by atoms with Crippen LogP contribution in [-0.2, 0) is 34.3 Å². The summed E-state index contributed by atoms with van der Waals surface area (Å²) in [5, 5.41) is 2.79. The molecular weight excluding hydrogens is 454 g/mol. The molecule has 1 amide bonds. The first-order valence-electron chi connectivity index (χ1n) is 10.3. The lowest BCUT2D eigenvalue weighted by molar-refractivity contribution is -0.121. The molecule has 0 unspecified atom stereocenters. The van der Waals surface area contributed by atoms with Crippen molar-refractivity contribution in [1.82, 2.24) is 19.2 Å². The van der Waals surface area contributed by atoms with Gasteiger partial charge < -0.3 is 14.6 Å². The minimum atomic E-state index is -3.57. The maximum absolute atomic E-state index is 12.4. The topological polar surface area (TPSA) is 93.5 Å². The number of hydrogen-bond donors (Lipinski definition) is 1. The van der Waals surface area contributed by atoms with E-state index in [4.69, 9.17) is 0 Å². The number of hydrogen-bond acceptors (Lipinski definition) is 5. The summed E-state index contributed by atoms with van der Waals surface area (Å²) in [6, 6.07) is 10.9. The number of halogens is 2. The summed E-state index contributed by atoms with van der Waals surface area (Å²) in [6.45, 7) is -0.0486. The third-order valence-electron chi connectivity index (χ3n) is 5.11. The fourth-order valence-corrected chi connectivity index (χ4v) is 4.30. The number of fused-ring (bicyclic) bond motifs is 1. The first kappa shape index (κ1) is 24.6. The number of nitrogens with zero attached hydrogens (tertiary/aromatic N) is 3. The molecule has 0 spiro atoms. The van der Waals surface area contributed by atoms with Crippen molar-refractivity contribution < 1.29 is 26.7 Å². The van der Waals surface area contributed by atoms with E-state index in [0.717, 1.165) is 15.4 Å². The lowest BCUT2D eigenvalue weighted by Crippen LogP contribution is -2.23. The molecule has 3 rings (SSSR count). The first-order valence-corrected chi connectivity index (χ1v) is 11.8. The van der Waals surface area contributed by atoms with Gasteiger partial charge in [-0.3, -0.25) is 4.79 Å². The van der Waals surface area contributed by atoms with Gasteiger partial charge in [-0.2, -0.15) is 8.78 Å². The number of aromatic nitrogens is 2. The highest BCUT2D eigenvalue weighted by Gasteiger charge is 2.19. The van der Waals surface area contributed by atoms with Crippen molar-refractivity contribution in [3.8, 4) is 5.75 Å². The van der Waals surface area contributed by atoms with Crippen LogP contribution in [0.3, 0.4) is 0 Å². The van der Waals surface area contributed by atoms with Crippen molar-refractivity contribution in [2.75, 3.05) is 14.1 Å². The van der Waals surface area contributed by atoms with Gasteiger partial charge in [0, 0.05) is 40.0 Å². The molecule has 3 aromatic rings. The summed E-state index contributed by atoms with van der Waals surface area (Å²) >= 11 is 0. The summed E-state index contributed by atoms with van der Waals surface area (Å²) in [4.78, 5) is 17.0. The van der Waals surface area contributed by atoms with Crippen LogP contribution in [0.1, 0.15) is 24.7 Å². The molecule has 0 atom stereocenters. The van der Waals surface area contributed by atoms with E-state index in [0.29, 0.717) is 24.3 Å². The molecule has 178 valence electrons. The van der Waals surface area contributed by atoms with E-state index in [1.54, 1.807) is 30.3 Å². The lowest BCUT2D eigenvalue weighted by Gasteiger charge is -2.11. The molecule has 0 aliphatic rings. The Kier molecular flexibility index (Phi) is 7.65. The van der Waals surface area contributed by atoms with Gasteiger partial charge in [0.05, 0.1) is 15.9 Å². The Hall–Kier alpha value is -3.05. The monoisotopic (exact) mass is 480 g/mol. The third-order valence-corrected chi connectivity index (χ3v) is 6.92. The smallest absolute Gasteiger partial charge is 0.387 e. The zero-order valence-electron chi connectivity index (χ0n) is 18.6. The molecule has 1 heterocycles. The van der Waals surface area contributed by atoms with Gasteiger partial charge in [0.2, 0.25) is 15.9 Å². The van der Waals surface area contributed by atoms with E-state index in [1.165, 1.54) is 26.2 Å². The van der Waals surface area contributed by atoms with Gasteiger partial charge in [-0.05, 0) is 42.8 Å². The van der Waals surface area contributed by atoms with Crippen LogP contribution in [0.4, 0.5) is 8.78 Å². The van der Waals surface area contributed by atoms with Gasteiger partial charge in [0.15, 0.2) is 0 Å². The maximum atomic E-state index is 12.4. The highest BCUT2D eigenvalue weighted by molar-refractivity contribution is 7.89. The van der Waals surface area contributed by atoms with Gasteiger partial charge in [-0.1, -0.05) is 12.1 Å². The summed E-state index contributed by atoms with van der Waals surface area (Å²) in [5.74, 6) is 0.559. The van der Waals surface area contributed by atoms with Crippen LogP contribution < -0.4 is 10.1 Å². The molecule has 0 aliphatic carbocycles. The van der Waals surface area contributed by atoms with Crippen LogP contribution in [-0.4, -0.2) is 48.9 Å². The molecule has 11 heteroatoms. The molecule has 0 saturated carbocycles. The molecular formula is C22H26F2N4O4S. The average Bonchev–Trinajstić information content (AvgIpc) is 3.13. The largest absolute Gasteiger partial charge is 0.435 e. The second kappa shape index (κ2) is 10.3. The van der Waals surface area contributed by atoms with Crippen LogP contribution in [0.15, 0.2) is 47.4 Å². The predicted octanol–water partition coefficient (Wildman–Crippen LogP) is 3.16. The molecule has 2 aromatic carbocycles. The molecule has 0 fully saturated rings. The van der Waals surface area contributed by atoms with Crippen molar-refractivity contribution in [3.63, 3.8) is 0 Å². The van der Waals surface area contributed by atoms with Gasteiger partial charge in [-0.15, -0.1) is 0 Å². The first-order chi connectivity index (χ1) is 15.6. The van der Waals surface area contributed by atoms with Gasteiger partial charge in [-0.25, -0.2) is 17.7 Å². The molecule has 0 bridgehead atoms.